The lowest BCUT2D eigenvalue weighted by molar-refractivity contribution is 0.0935. The van der Waals surface area contributed by atoms with Crippen molar-refractivity contribution in [3.8, 4) is 0 Å². The Bertz CT molecular complexity index is 318. The van der Waals surface area contributed by atoms with Gasteiger partial charge in [0.1, 0.15) is 5.69 Å². The Morgan fingerprint density at radius 3 is 3.07 bits per heavy atom. The highest BCUT2D eigenvalue weighted by atomic mass is 16.1. The number of hydrogen-bond donors (Lipinski definition) is 1. The van der Waals surface area contributed by atoms with Gasteiger partial charge >= 0.3 is 0 Å². The van der Waals surface area contributed by atoms with E-state index in [1.807, 2.05) is 0 Å². The van der Waals surface area contributed by atoms with Gasteiger partial charge in [-0.3, -0.25) is 9.78 Å². The Balaban J connectivity index is 2.06. The van der Waals surface area contributed by atoms with Crippen LogP contribution in [0.15, 0.2) is 18.6 Å². The number of nitrogens with zero attached hydrogens (tertiary/aromatic N) is 2. The normalized spacial score (nSPS) is 22.0. The first-order valence-electron chi connectivity index (χ1n) is 5.41. The SMILES string of the molecule is O=C(c1cnccn1)C1CCCCCN1. The summed E-state index contributed by atoms with van der Waals surface area (Å²) in [6.45, 7) is 0.927. The van der Waals surface area contributed by atoms with Crippen molar-refractivity contribution in [2.24, 2.45) is 0 Å². The van der Waals surface area contributed by atoms with Gasteiger partial charge in [0.2, 0.25) is 0 Å². The van der Waals surface area contributed by atoms with E-state index in [9.17, 15) is 4.79 Å². The Morgan fingerprint density at radius 2 is 2.27 bits per heavy atom. The molecule has 1 fully saturated rings. The minimum Gasteiger partial charge on any atom is -0.307 e. The van der Waals surface area contributed by atoms with Gasteiger partial charge in [0, 0.05) is 12.4 Å². The predicted molar refractivity (Wildman–Crippen MR) is 56.6 cm³/mol. The molecule has 1 atom stereocenters. The summed E-state index contributed by atoms with van der Waals surface area (Å²) >= 11 is 0. The van der Waals surface area contributed by atoms with E-state index in [1.54, 1.807) is 12.4 Å². The largest absolute Gasteiger partial charge is 0.307 e. The topological polar surface area (TPSA) is 54.9 Å². The molecule has 2 heterocycles. The number of aromatic nitrogens is 2. The Morgan fingerprint density at radius 1 is 1.33 bits per heavy atom. The molecule has 1 aromatic heterocycles. The molecule has 4 nitrogen and oxygen atoms in total. The number of ketones is 1. The number of Topliss-reactive ketones (excluding diaryl/α,β-unsaturated/α-hetero) is 1. The molecule has 0 amide bonds. The molecule has 0 spiro atoms. The van der Waals surface area contributed by atoms with Crippen LogP contribution in [-0.2, 0) is 0 Å². The van der Waals surface area contributed by atoms with Gasteiger partial charge in [0.05, 0.1) is 12.2 Å². The van der Waals surface area contributed by atoms with Crippen LogP contribution in [0.5, 0.6) is 0 Å². The summed E-state index contributed by atoms with van der Waals surface area (Å²) in [5, 5.41) is 3.26. The predicted octanol–water partition coefficient (Wildman–Crippen LogP) is 1.19. The van der Waals surface area contributed by atoms with E-state index >= 15 is 0 Å². The van der Waals surface area contributed by atoms with Gasteiger partial charge in [-0.15, -0.1) is 0 Å². The van der Waals surface area contributed by atoms with Crippen molar-refractivity contribution in [2.45, 2.75) is 31.7 Å². The molecule has 1 unspecified atom stereocenters. The van der Waals surface area contributed by atoms with E-state index in [0.717, 1.165) is 25.8 Å². The van der Waals surface area contributed by atoms with Gasteiger partial charge in [-0.05, 0) is 19.4 Å². The Labute approximate surface area is 89.1 Å². The Kier molecular flexibility index (Phi) is 3.40. The lowest BCUT2D eigenvalue weighted by Gasteiger charge is -2.13. The van der Waals surface area contributed by atoms with Gasteiger partial charge in [-0.25, -0.2) is 4.98 Å². The van der Waals surface area contributed by atoms with Crippen LogP contribution >= 0.6 is 0 Å². The van der Waals surface area contributed by atoms with Crippen LogP contribution in [0, 0.1) is 0 Å². The third-order valence-electron chi connectivity index (χ3n) is 2.69. The number of rotatable bonds is 2. The number of carbonyl (C=O) groups is 1. The fraction of sp³-hybridized carbons (Fsp3) is 0.545. The molecule has 1 N–H and O–H groups in total. The fourth-order valence-corrected chi connectivity index (χ4v) is 1.86. The molecule has 0 bridgehead atoms. The second kappa shape index (κ2) is 4.98. The highest BCUT2D eigenvalue weighted by molar-refractivity contribution is 5.98. The maximum atomic E-state index is 12.0. The third-order valence-corrected chi connectivity index (χ3v) is 2.69. The minimum absolute atomic E-state index is 0.0656. The van der Waals surface area contributed by atoms with Crippen molar-refractivity contribution in [3.05, 3.63) is 24.3 Å². The smallest absolute Gasteiger partial charge is 0.199 e. The average Bonchev–Trinajstić information content (AvgIpc) is 2.58. The van der Waals surface area contributed by atoms with Crippen LogP contribution in [0.3, 0.4) is 0 Å². The Hall–Kier alpha value is -1.29. The van der Waals surface area contributed by atoms with Crippen LogP contribution in [-0.4, -0.2) is 28.3 Å². The highest BCUT2D eigenvalue weighted by Gasteiger charge is 2.21. The molecule has 2 rings (SSSR count). The monoisotopic (exact) mass is 205 g/mol. The molecule has 0 aromatic carbocycles. The molecule has 1 aliphatic rings. The number of hydrogen-bond acceptors (Lipinski definition) is 4. The van der Waals surface area contributed by atoms with Gasteiger partial charge in [-0.2, -0.15) is 0 Å². The zero-order valence-corrected chi connectivity index (χ0v) is 8.65. The van der Waals surface area contributed by atoms with Crippen molar-refractivity contribution in [3.63, 3.8) is 0 Å². The van der Waals surface area contributed by atoms with Gasteiger partial charge in [0.15, 0.2) is 5.78 Å². The molecule has 0 radical (unpaired) electrons. The standard InChI is InChI=1S/C11H15N3O/c15-11(10-8-12-6-7-14-10)9-4-2-1-3-5-13-9/h6-9,13H,1-5H2. The molecule has 1 aliphatic heterocycles. The van der Waals surface area contributed by atoms with Crippen LogP contribution in [0.4, 0.5) is 0 Å². The van der Waals surface area contributed by atoms with E-state index in [1.165, 1.54) is 12.6 Å². The maximum absolute atomic E-state index is 12.0. The van der Waals surface area contributed by atoms with Gasteiger partial charge in [-0.1, -0.05) is 12.8 Å². The molecular weight excluding hydrogens is 190 g/mol. The molecule has 80 valence electrons. The summed E-state index contributed by atoms with van der Waals surface area (Å²) in [6.07, 6.45) is 9.07. The van der Waals surface area contributed by atoms with Crippen molar-refractivity contribution < 1.29 is 4.79 Å². The van der Waals surface area contributed by atoms with Gasteiger partial charge in [0.25, 0.3) is 0 Å². The first-order chi connectivity index (χ1) is 7.38. The fourth-order valence-electron chi connectivity index (χ4n) is 1.86. The lowest BCUT2D eigenvalue weighted by atomic mass is 10.0. The van der Waals surface area contributed by atoms with E-state index in [-0.39, 0.29) is 11.8 Å². The second-order valence-electron chi connectivity index (χ2n) is 3.81. The van der Waals surface area contributed by atoms with Crippen LogP contribution in [0.25, 0.3) is 0 Å². The molecule has 0 saturated carbocycles. The number of nitrogens with one attached hydrogen (secondary N) is 1. The number of carbonyl (C=O) groups excluding carboxylic acids is 1. The summed E-state index contributed by atoms with van der Waals surface area (Å²) in [5.41, 5.74) is 0.469. The molecule has 1 aromatic rings. The third kappa shape index (κ3) is 2.59. The van der Waals surface area contributed by atoms with E-state index in [4.69, 9.17) is 0 Å². The summed E-state index contributed by atoms with van der Waals surface area (Å²) in [6, 6.07) is -0.0656. The van der Waals surface area contributed by atoms with Crippen molar-refractivity contribution in [1.82, 2.24) is 15.3 Å². The lowest BCUT2D eigenvalue weighted by Crippen LogP contribution is -2.36. The zero-order valence-electron chi connectivity index (χ0n) is 8.65. The average molecular weight is 205 g/mol. The van der Waals surface area contributed by atoms with Crippen LogP contribution < -0.4 is 5.32 Å². The van der Waals surface area contributed by atoms with Crippen LogP contribution in [0.2, 0.25) is 0 Å². The quantitative estimate of drug-likeness (QED) is 0.737. The second-order valence-corrected chi connectivity index (χ2v) is 3.81. The van der Waals surface area contributed by atoms with E-state index < -0.39 is 0 Å². The maximum Gasteiger partial charge on any atom is 0.199 e. The highest BCUT2D eigenvalue weighted by Crippen LogP contribution is 2.11. The summed E-state index contributed by atoms with van der Waals surface area (Å²) < 4.78 is 0. The first-order valence-corrected chi connectivity index (χ1v) is 5.41. The van der Waals surface area contributed by atoms with E-state index in [0.29, 0.717) is 5.69 Å². The van der Waals surface area contributed by atoms with Crippen LogP contribution in [0.1, 0.15) is 36.2 Å². The van der Waals surface area contributed by atoms with E-state index in [2.05, 4.69) is 15.3 Å². The summed E-state index contributed by atoms with van der Waals surface area (Å²) in [4.78, 5) is 19.9. The molecule has 0 aliphatic carbocycles. The minimum atomic E-state index is -0.0656. The molecular formula is C11H15N3O. The molecule has 1 saturated heterocycles. The van der Waals surface area contributed by atoms with Crippen molar-refractivity contribution in [1.29, 1.82) is 0 Å². The molecule has 4 heteroatoms. The zero-order chi connectivity index (χ0) is 10.5. The van der Waals surface area contributed by atoms with Crippen molar-refractivity contribution >= 4 is 5.78 Å². The molecule has 15 heavy (non-hydrogen) atoms. The van der Waals surface area contributed by atoms with Gasteiger partial charge < -0.3 is 5.32 Å². The first kappa shape index (κ1) is 10.2. The van der Waals surface area contributed by atoms with Crippen molar-refractivity contribution in [2.75, 3.05) is 6.54 Å². The summed E-state index contributed by atoms with van der Waals surface area (Å²) in [5.74, 6) is 0.0741. The summed E-state index contributed by atoms with van der Waals surface area (Å²) in [7, 11) is 0.